The molecule has 0 aromatic heterocycles. The predicted molar refractivity (Wildman–Crippen MR) is 67.9 cm³/mol. The summed E-state index contributed by atoms with van der Waals surface area (Å²) in [6.07, 6.45) is 5.91. The van der Waals surface area contributed by atoms with Crippen molar-refractivity contribution in [3.63, 3.8) is 0 Å². The molecule has 0 aliphatic carbocycles. The van der Waals surface area contributed by atoms with E-state index in [0.717, 1.165) is 24.2 Å². The summed E-state index contributed by atoms with van der Waals surface area (Å²) in [6, 6.07) is 0. The average molecular weight is 214 g/mol. The van der Waals surface area contributed by atoms with Gasteiger partial charge in [-0.25, -0.2) is 0 Å². The molecule has 3 unspecified atom stereocenters. The van der Waals surface area contributed by atoms with Crippen LogP contribution in [0.15, 0.2) is 0 Å². The minimum absolute atomic E-state index is 0.131. The fourth-order valence-electron chi connectivity index (χ4n) is 2.62. The molecule has 0 saturated carbocycles. The molecule has 0 aromatic rings. The maximum Gasteiger partial charge on any atom is 0.0512 e. The highest BCUT2D eigenvalue weighted by molar-refractivity contribution is 4.72. The van der Waals surface area contributed by atoms with Gasteiger partial charge in [-0.15, -0.1) is 0 Å². The van der Waals surface area contributed by atoms with Crippen molar-refractivity contribution in [1.29, 1.82) is 0 Å². The Labute approximate surface area is 96.3 Å². The van der Waals surface area contributed by atoms with Gasteiger partial charge in [-0.05, 0) is 37.5 Å². The van der Waals surface area contributed by atoms with Gasteiger partial charge in [0.05, 0.1) is 6.10 Å². The summed E-state index contributed by atoms with van der Waals surface area (Å²) in [7, 11) is 0. The van der Waals surface area contributed by atoms with E-state index in [2.05, 4.69) is 27.7 Å². The lowest BCUT2D eigenvalue weighted by molar-refractivity contribution is 0.148. The Morgan fingerprint density at radius 2 is 1.53 bits per heavy atom. The van der Waals surface area contributed by atoms with Crippen LogP contribution in [-0.2, 0) is 0 Å². The van der Waals surface area contributed by atoms with Crippen molar-refractivity contribution in [3.05, 3.63) is 0 Å². The molecule has 0 heterocycles. The van der Waals surface area contributed by atoms with Crippen LogP contribution in [0.3, 0.4) is 0 Å². The number of aliphatic hydroxyl groups is 1. The van der Waals surface area contributed by atoms with E-state index in [1.54, 1.807) is 0 Å². The highest BCUT2D eigenvalue weighted by atomic mass is 16.3. The van der Waals surface area contributed by atoms with Crippen LogP contribution in [-0.4, -0.2) is 11.2 Å². The molecule has 0 spiro atoms. The van der Waals surface area contributed by atoms with E-state index in [1.807, 2.05) is 6.92 Å². The lowest BCUT2D eigenvalue weighted by Gasteiger charge is -2.29. The van der Waals surface area contributed by atoms with Gasteiger partial charge in [-0.1, -0.05) is 47.0 Å². The Bertz CT molecular complexity index is 140. The normalized spacial score (nSPS) is 17.8. The molecule has 3 atom stereocenters. The second kappa shape index (κ2) is 8.15. The van der Waals surface area contributed by atoms with Crippen molar-refractivity contribution in [3.8, 4) is 0 Å². The van der Waals surface area contributed by atoms with E-state index in [1.165, 1.54) is 25.7 Å². The van der Waals surface area contributed by atoms with Gasteiger partial charge in [0.2, 0.25) is 0 Å². The minimum Gasteiger partial charge on any atom is -0.393 e. The summed E-state index contributed by atoms with van der Waals surface area (Å²) in [5.41, 5.74) is 0. The predicted octanol–water partition coefficient (Wildman–Crippen LogP) is 4.25. The Kier molecular flexibility index (Phi) is 8.13. The molecular formula is C14H30O. The molecule has 1 nitrogen and oxygen atoms in total. The number of aliphatic hydroxyl groups excluding tert-OH is 1. The van der Waals surface area contributed by atoms with Gasteiger partial charge in [-0.3, -0.25) is 0 Å². The van der Waals surface area contributed by atoms with E-state index in [-0.39, 0.29) is 6.10 Å². The third kappa shape index (κ3) is 6.19. The van der Waals surface area contributed by atoms with Gasteiger partial charge in [0.1, 0.15) is 0 Å². The van der Waals surface area contributed by atoms with Crippen LogP contribution in [0, 0.1) is 17.8 Å². The summed E-state index contributed by atoms with van der Waals surface area (Å²) in [5.74, 6) is 2.43. The first-order chi connectivity index (χ1) is 7.02. The van der Waals surface area contributed by atoms with Gasteiger partial charge >= 0.3 is 0 Å². The molecule has 0 aliphatic rings. The van der Waals surface area contributed by atoms with Gasteiger partial charge in [-0.2, -0.15) is 0 Å². The summed E-state index contributed by atoms with van der Waals surface area (Å²) in [6.45, 7) is 11.1. The fraction of sp³-hybridized carbons (Fsp3) is 1.00. The minimum atomic E-state index is -0.131. The largest absolute Gasteiger partial charge is 0.393 e. The molecule has 0 fully saturated rings. The molecule has 0 saturated heterocycles. The topological polar surface area (TPSA) is 20.2 Å². The lowest BCUT2D eigenvalue weighted by atomic mass is 9.76. The van der Waals surface area contributed by atoms with Crippen LogP contribution in [0.2, 0.25) is 0 Å². The van der Waals surface area contributed by atoms with Crippen molar-refractivity contribution in [2.24, 2.45) is 17.8 Å². The second-order valence-electron chi connectivity index (χ2n) is 5.29. The maximum atomic E-state index is 9.35. The number of rotatable bonds is 8. The molecule has 0 bridgehead atoms. The molecule has 0 aliphatic heterocycles. The summed E-state index contributed by atoms with van der Waals surface area (Å²) < 4.78 is 0. The highest BCUT2D eigenvalue weighted by Gasteiger charge is 2.22. The molecular weight excluding hydrogens is 184 g/mol. The molecule has 1 N–H and O–H groups in total. The van der Waals surface area contributed by atoms with Crippen molar-refractivity contribution >= 4 is 0 Å². The standard InChI is InChI=1S/C14H30O/c1-6-8-14(11(3)4)13(7-2)10-9-12(5)15/h11-15H,6-10H2,1-5H3. The molecule has 0 amide bonds. The number of hydrogen-bond acceptors (Lipinski definition) is 1. The Morgan fingerprint density at radius 3 is 1.87 bits per heavy atom. The zero-order valence-corrected chi connectivity index (χ0v) is 11.3. The smallest absolute Gasteiger partial charge is 0.0512 e. The third-order valence-corrected chi connectivity index (χ3v) is 3.56. The van der Waals surface area contributed by atoms with E-state index < -0.39 is 0 Å². The SMILES string of the molecule is CCCC(C(C)C)C(CC)CCC(C)O. The van der Waals surface area contributed by atoms with Crippen molar-refractivity contribution in [1.82, 2.24) is 0 Å². The van der Waals surface area contributed by atoms with Crippen LogP contribution in [0.25, 0.3) is 0 Å². The van der Waals surface area contributed by atoms with Crippen molar-refractivity contribution in [2.45, 2.75) is 72.8 Å². The first-order valence-corrected chi connectivity index (χ1v) is 6.70. The first-order valence-electron chi connectivity index (χ1n) is 6.70. The van der Waals surface area contributed by atoms with E-state index in [9.17, 15) is 5.11 Å². The van der Waals surface area contributed by atoms with E-state index >= 15 is 0 Å². The molecule has 0 aromatic carbocycles. The number of hydrogen-bond donors (Lipinski definition) is 1. The van der Waals surface area contributed by atoms with Crippen LogP contribution in [0.1, 0.15) is 66.7 Å². The van der Waals surface area contributed by atoms with Gasteiger partial charge in [0.25, 0.3) is 0 Å². The Hall–Kier alpha value is -0.0400. The zero-order chi connectivity index (χ0) is 11.8. The third-order valence-electron chi connectivity index (χ3n) is 3.56. The summed E-state index contributed by atoms with van der Waals surface area (Å²) in [4.78, 5) is 0. The quantitative estimate of drug-likeness (QED) is 0.640. The maximum absolute atomic E-state index is 9.35. The van der Waals surface area contributed by atoms with E-state index in [4.69, 9.17) is 0 Å². The Morgan fingerprint density at radius 1 is 0.933 bits per heavy atom. The first kappa shape index (κ1) is 15.0. The molecule has 0 rings (SSSR count). The van der Waals surface area contributed by atoms with Crippen LogP contribution in [0.5, 0.6) is 0 Å². The van der Waals surface area contributed by atoms with Crippen LogP contribution >= 0.6 is 0 Å². The van der Waals surface area contributed by atoms with Crippen LogP contribution in [0.4, 0.5) is 0 Å². The van der Waals surface area contributed by atoms with E-state index in [0.29, 0.717) is 0 Å². The van der Waals surface area contributed by atoms with Crippen molar-refractivity contribution < 1.29 is 5.11 Å². The second-order valence-corrected chi connectivity index (χ2v) is 5.29. The molecule has 0 radical (unpaired) electrons. The van der Waals surface area contributed by atoms with Gasteiger partial charge in [0.15, 0.2) is 0 Å². The summed E-state index contributed by atoms with van der Waals surface area (Å²) >= 11 is 0. The summed E-state index contributed by atoms with van der Waals surface area (Å²) in [5, 5.41) is 9.35. The average Bonchev–Trinajstić information content (AvgIpc) is 2.16. The fourth-order valence-corrected chi connectivity index (χ4v) is 2.62. The highest BCUT2D eigenvalue weighted by Crippen LogP contribution is 2.31. The zero-order valence-electron chi connectivity index (χ0n) is 11.3. The monoisotopic (exact) mass is 214 g/mol. The van der Waals surface area contributed by atoms with Gasteiger partial charge < -0.3 is 5.11 Å². The van der Waals surface area contributed by atoms with Gasteiger partial charge in [0, 0.05) is 0 Å². The van der Waals surface area contributed by atoms with Crippen molar-refractivity contribution in [2.75, 3.05) is 0 Å². The molecule has 92 valence electrons. The Balaban J connectivity index is 4.18. The lowest BCUT2D eigenvalue weighted by Crippen LogP contribution is -2.21. The molecule has 1 heteroatoms. The molecule has 15 heavy (non-hydrogen) atoms. The van der Waals surface area contributed by atoms with Crippen LogP contribution < -0.4 is 0 Å².